The Bertz CT molecular complexity index is 1450. The van der Waals surface area contributed by atoms with Crippen LogP contribution in [0.1, 0.15) is 23.6 Å². The molecule has 0 bridgehead atoms. The molecule has 4 aromatic rings. The molecule has 3 nitrogen and oxygen atoms in total. The van der Waals surface area contributed by atoms with Crippen molar-refractivity contribution in [2.24, 2.45) is 0 Å². The molecule has 0 amide bonds. The van der Waals surface area contributed by atoms with E-state index in [9.17, 15) is 31.1 Å². The molecule has 0 unspecified atom stereocenters. The number of alkyl halides is 6. The molecule has 36 heavy (non-hydrogen) atoms. The average Bonchev–Trinajstić information content (AvgIpc) is 2.82. The summed E-state index contributed by atoms with van der Waals surface area (Å²) in [5, 5.41) is 3.52. The molecule has 3 aromatic carbocycles. The van der Waals surface area contributed by atoms with Crippen molar-refractivity contribution in [2.45, 2.75) is 19.3 Å². The summed E-state index contributed by atoms with van der Waals surface area (Å²) in [6, 6.07) is 14.3. The zero-order valence-corrected chi connectivity index (χ0v) is 18.7. The van der Waals surface area contributed by atoms with Crippen LogP contribution in [0.2, 0.25) is 0 Å². The van der Waals surface area contributed by atoms with Crippen LogP contribution in [-0.2, 0) is 17.1 Å². The number of aromatic nitrogens is 1. The Morgan fingerprint density at radius 3 is 2.14 bits per heavy atom. The van der Waals surface area contributed by atoms with E-state index in [-0.39, 0.29) is 11.5 Å². The van der Waals surface area contributed by atoms with E-state index in [4.69, 9.17) is 0 Å². The maximum atomic E-state index is 13.2. The molecule has 0 radical (unpaired) electrons. The second-order valence-corrected chi connectivity index (χ2v) is 8.04. The third kappa shape index (κ3) is 5.56. The molecule has 4 rings (SSSR count). The van der Waals surface area contributed by atoms with Gasteiger partial charge in [0.1, 0.15) is 0 Å². The highest BCUT2D eigenvalue weighted by Crippen LogP contribution is 2.36. The standard InChI is InChI=1S/C27H18F6N2O/c1-16(36)5-6-19-15-34-24-12-9-18(17-7-10-20(11-8-17)26(28,29)30)13-23(24)25(19)35-22-4-2-3-21(14-22)27(31,32)33/h2-15H,1H3,(H,34,35)/b6-5+. The summed E-state index contributed by atoms with van der Waals surface area (Å²) in [7, 11) is 0. The van der Waals surface area contributed by atoms with Crippen LogP contribution >= 0.6 is 0 Å². The van der Waals surface area contributed by atoms with Crippen molar-refractivity contribution in [2.75, 3.05) is 5.32 Å². The SMILES string of the molecule is CC(=O)/C=C/c1cnc2ccc(-c3ccc(C(F)(F)F)cc3)cc2c1Nc1cccc(C(F)(F)F)c1. The zero-order valence-electron chi connectivity index (χ0n) is 18.7. The number of fused-ring (bicyclic) bond motifs is 1. The lowest BCUT2D eigenvalue weighted by Crippen LogP contribution is -2.05. The highest BCUT2D eigenvalue weighted by atomic mass is 19.4. The Labute approximate surface area is 202 Å². The van der Waals surface area contributed by atoms with Gasteiger partial charge >= 0.3 is 12.4 Å². The van der Waals surface area contributed by atoms with Gasteiger partial charge in [-0.2, -0.15) is 26.3 Å². The number of pyridine rings is 1. The van der Waals surface area contributed by atoms with Crippen molar-refractivity contribution in [3.8, 4) is 11.1 Å². The first-order valence-electron chi connectivity index (χ1n) is 10.6. The van der Waals surface area contributed by atoms with Crippen molar-refractivity contribution < 1.29 is 31.1 Å². The fourth-order valence-corrected chi connectivity index (χ4v) is 3.63. The van der Waals surface area contributed by atoms with Crippen LogP contribution in [0.25, 0.3) is 28.1 Å². The number of nitrogens with one attached hydrogen (secondary N) is 1. The summed E-state index contributed by atoms with van der Waals surface area (Å²) < 4.78 is 78.5. The van der Waals surface area contributed by atoms with Gasteiger partial charge in [-0.1, -0.05) is 24.3 Å². The van der Waals surface area contributed by atoms with Gasteiger partial charge in [0.25, 0.3) is 0 Å². The number of anilines is 2. The molecule has 0 spiro atoms. The monoisotopic (exact) mass is 500 g/mol. The molecule has 1 aromatic heterocycles. The molecule has 0 aliphatic carbocycles. The second kappa shape index (κ2) is 9.49. The summed E-state index contributed by atoms with van der Waals surface area (Å²) in [4.78, 5) is 15.9. The van der Waals surface area contributed by atoms with Crippen molar-refractivity contribution >= 4 is 34.1 Å². The van der Waals surface area contributed by atoms with Gasteiger partial charge in [-0.05, 0) is 72.7 Å². The molecule has 0 atom stereocenters. The van der Waals surface area contributed by atoms with E-state index < -0.39 is 23.5 Å². The minimum absolute atomic E-state index is 0.162. The molecular formula is C27H18F6N2O. The number of hydrogen-bond acceptors (Lipinski definition) is 3. The third-order valence-electron chi connectivity index (χ3n) is 5.40. The van der Waals surface area contributed by atoms with Crippen molar-refractivity contribution in [3.63, 3.8) is 0 Å². The first kappa shape index (κ1) is 25.0. The summed E-state index contributed by atoms with van der Waals surface area (Å²) >= 11 is 0. The molecule has 0 aliphatic rings. The number of ketones is 1. The Balaban J connectivity index is 1.85. The summed E-state index contributed by atoms with van der Waals surface area (Å²) in [5.74, 6) is -0.237. The second-order valence-electron chi connectivity index (χ2n) is 8.04. The maximum Gasteiger partial charge on any atom is 0.416 e. The molecule has 0 saturated carbocycles. The Kier molecular flexibility index (Phi) is 6.58. The molecule has 0 aliphatic heterocycles. The van der Waals surface area contributed by atoms with Crippen LogP contribution in [0.5, 0.6) is 0 Å². The van der Waals surface area contributed by atoms with E-state index in [1.165, 1.54) is 49.5 Å². The molecule has 1 heterocycles. The molecule has 0 fully saturated rings. The van der Waals surface area contributed by atoms with Gasteiger partial charge in [0.15, 0.2) is 5.78 Å². The van der Waals surface area contributed by atoms with Gasteiger partial charge < -0.3 is 5.32 Å². The van der Waals surface area contributed by atoms with Gasteiger partial charge in [-0.3, -0.25) is 9.78 Å². The number of nitrogens with zero attached hydrogens (tertiary/aromatic N) is 1. The van der Waals surface area contributed by atoms with Crippen LogP contribution in [0.15, 0.2) is 79.0 Å². The number of hydrogen-bond donors (Lipinski definition) is 1. The highest BCUT2D eigenvalue weighted by molar-refractivity contribution is 6.01. The number of rotatable bonds is 5. The van der Waals surface area contributed by atoms with E-state index in [0.717, 1.165) is 24.3 Å². The van der Waals surface area contributed by atoms with E-state index in [0.29, 0.717) is 33.3 Å². The van der Waals surface area contributed by atoms with Gasteiger partial charge in [0.2, 0.25) is 0 Å². The lowest BCUT2D eigenvalue weighted by molar-refractivity contribution is -0.138. The highest BCUT2D eigenvalue weighted by Gasteiger charge is 2.31. The normalized spacial score (nSPS) is 12.3. The number of carbonyl (C=O) groups excluding carboxylic acids is 1. The fraction of sp³-hybridized carbons (Fsp3) is 0.111. The summed E-state index contributed by atoms with van der Waals surface area (Å²) in [5.41, 5.74) is 0.979. The number of benzene rings is 3. The molecule has 9 heteroatoms. The number of allylic oxidation sites excluding steroid dienone is 1. The molecule has 1 N–H and O–H groups in total. The lowest BCUT2D eigenvalue weighted by atomic mass is 9.99. The molecule has 184 valence electrons. The third-order valence-corrected chi connectivity index (χ3v) is 5.40. The summed E-state index contributed by atoms with van der Waals surface area (Å²) in [6.07, 6.45) is -4.72. The van der Waals surface area contributed by atoms with Crippen LogP contribution in [0.3, 0.4) is 0 Å². The van der Waals surface area contributed by atoms with Crippen LogP contribution in [-0.4, -0.2) is 10.8 Å². The summed E-state index contributed by atoms with van der Waals surface area (Å²) in [6.45, 7) is 1.35. The Hall–Kier alpha value is -4.14. The first-order chi connectivity index (χ1) is 16.9. The largest absolute Gasteiger partial charge is 0.416 e. The van der Waals surface area contributed by atoms with Crippen molar-refractivity contribution in [3.05, 3.63) is 95.7 Å². The average molecular weight is 500 g/mol. The van der Waals surface area contributed by atoms with Gasteiger partial charge in [-0.15, -0.1) is 0 Å². The number of carbonyl (C=O) groups is 1. The van der Waals surface area contributed by atoms with Crippen molar-refractivity contribution in [1.82, 2.24) is 4.98 Å². The van der Waals surface area contributed by atoms with Gasteiger partial charge in [0, 0.05) is 22.8 Å². The van der Waals surface area contributed by atoms with E-state index >= 15 is 0 Å². The minimum Gasteiger partial charge on any atom is -0.354 e. The first-order valence-corrected chi connectivity index (χ1v) is 10.6. The number of halogens is 6. The maximum absolute atomic E-state index is 13.2. The van der Waals surface area contributed by atoms with Gasteiger partial charge in [-0.25, -0.2) is 0 Å². The minimum atomic E-state index is -4.54. The van der Waals surface area contributed by atoms with Crippen LogP contribution in [0, 0.1) is 0 Å². The smallest absolute Gasteiger partial charge is 0.354 e. The Morgan fingerprint density at radius 1 is 0.833 bits per heavy atom. The zero-order chi connectivity index (χ0) is 26.1. The fourth-order valence-electron chi connectivity index (χ4n) is 3.63. The predicted molar refractivity (Wildman–Crippen MR) is 127 cm³/mol. The quantitative estimate of drug-likeness (QED) is 0.221. The van der Waals surface area contributed by atoms with E-state index in [1.807, 2.05) is 0 Å². The van der Waals surface area contributed by atoms with Crippen LogP contribution < -0.4 is 5.32 Å². The Morgan fingerprint density at radius 2 is 1.50 bits per heavy atom. The van der Waals surface area contributed by atoms with Crippen molar-refractivity contribution in [1.29, 1.82) is 0 Å². The van der Waals surface area contributed by atoms with Gasteiger partial charge in [0.05, 0.1) is 22.3 Å². The lowest BCUT2D eigenvalue weighted by Gasteiger charge is -2.16. The molecular weight excluding hydrogens is 482 g/mol. The van der Waals surface area contributed by atoms with E-state index in [1.54, 1.807) is 18.2 Å². The van der Waals surface area contributed by atoms with Crippen LogP contribution in [0.4, 0.5) is 37.7 Å². The molecule has 0 saturated heterocycles. The van der Waals surface area contributed by atoms with E-state index in [2.05, 4.69) is 10.3 Å². The topological polar surface area (TPSA) is 42.0 Å². The predicted octanol–water partition coefficient (Wildman–Crippen LogP) is 8.29.